The molecule has 4 rings (SSSR count). The maximum absolute atomic E-state index is 12.8. The molecule has 0 heterocycles. The van der Waals surface area contributed by atoms with Crippen LogP contribution in [0.4, 0.5) is 5.69 Å². The molecule has 37 heavy (non-hydrogen) atoms. The second-order valence-corrected chi connectivity index (χ2v) is 10.7. The van der Waals surface area contributed by atoms with E-state index in [2.05, 4.69) is 10.0 Å². The minimum absolute atomic E-state index is 0.171. The number of hydrogen-bond acceptors (Lipinski definition) is 4. The lowest BCUT2D eigenvalue weighted by atomic mass is 10.1. The van der Waals surface area contributed by atoms with E-state index >= 15 is 0 Å². The summed E-state index contributed by atoms with van der Waals surface area (Å²) < 4.78 is 34.2. The van der Waals surface area contributed by atoms with Gasteiger partial charge in [0.15, 0.2) is 5.75 Å². The van der Waals surface area contributed by atoms with Crippen molar-refractivity contribution >= 4 is 33.2 Å². The molecule has 8 heteroatoms. The molecule has 0 spiro atoms. The first-order valence-electron chi connectivity index (χ1n) is 11.8. The zero-order chi connectivity index (χ0) is 26.3. The van der Waals surface area contributed by atoms with Gasteiger partial charge in [0, 0.05) is 17.5 Å². The molecule has 2 N–H and O–H groups in total. The van der Waals surface area contributed by atoms with E-state index in [0.29, 0.717) is 28.6 Å². The number of nitrogens with one attached hydrogen (secondary N) is 2. The average Bonchev–Trinajstić information content (AvgIpc) is 2.90. The van der Waals surface area contributed by atoms with Gasteiger partial charge >= 0.3 is 0 Å². The first kappa shape index (κ1) is 26.4. The SMILES string of the molecule is C[C@@H](NS(=O)(=O)c1ccc(CCC(=O)Nc2cc(Cl)ccc2Oc2ccccc2)cc1)c1ccccc1. The van der Waals surface area contributed by atoms with Crippen molar-refractivity contribution in [1.29, 1.82) is 0 Å². The number of hydrogen-bond donors (Lipinski definition) is 2. The van der Waals surface area contributed by atoms with E-state index < -0.39 is 10.0 Å². The molecule has 0 aliphatic carbocycles. The van der Waals surface area contributed by atoms with Crippen molar-refractivity contribution in [1.82, 2.24) is 4.72 Å². The largest absolute Gasteiger partial charge is 0.455 e. The van der Waals surface area contributed by atoms with Crippen molar-refractivity contribution < 1.29 is 17.9 Å². The summed E-state index contributed by atoms with van der Waals surface area (Å²) in [6.45, 7) is 1.80. The summed E-state index contributed by atoms with van der Waals surface area (Å²) in [5.74, 6) is 0.911. The number of rotatable bonds is 10. The Morgan fingerprint density at radius 1 is 0.892 bits per heavy atom. The van der Waals surface area contributed by atoms with Crippen LogP contribution in [-0.4, -0.2) is 14.3 Å². The molecule has 0 saturated carbocycles. The van der Waals surface area contributed by atoms with Crippen LogP contribution < -0.4 is 14.8 Å². The molecule has 0 radical (unpaired) electrons. The fraction of sp³-hybridized carbons (Fsp3) is 0.138. The molecular weight excluding hydrogens is 508 g/mol. The lowest BCUT2D eigenvalue weighted by Crippen LogP contribution is -2.26. The Hall–Kier alpha value is -3.65. The van der Waals surface area contributed by atoms with Crippen LogP contribution in [-0.2, 0) is 21.2 Å². The predicted molar refractivity (Wildman–Crippen MR) is 147 cm³/mol. The van der Waals surface area contributed by atoms with Crippen molar-refractivity contribution in [3.05, 3.63) is 119 Å². The van der Waals surface area contributed by atoms with Gasteiger partial charge in [-0.1, -0.05) is 72.3 Å². The third-order valence-electron chi connectivity index (χ3n) is 5.69. The van der Waals surface area contributed by atoms with E-state index in [0.717, 1.165) is 11.1 Å². The Balaban J connectivity index is 1.35. The number of carbonyl (C=O) groups excluding carboxylic acids is 1. The van der Waals surface area contributed by atoms with Crippen molar-refractivity contribution in [2.45, 2.75) is 30.7 Å². The van der Waals surface area contributed by atoms with Crippen molar-refractivity contribution in [2.75, 3.05) is 5.32 Å². The molecule has 4 aromatic carbocycles. The number of halogens is 1. The van der Waals surface area contributed by atoms with Crippen LogP contribution in [0.1, 0.15) is 30.5 Å². The summed E-state index contributed by atoms with van der Waals surface area (Å²) in [6.07, 6.45) is 0.641. The molecule has 190 valence electrons. The summed E-state index contributed by atoms with van der Waals surface area (Å²) in [7, 11) is -3.69. The van der Waals surface area contributed by atoms with Gasteiger partial charge in [0.25, 0.3) is 0 Å². The van der Waals surface area contributed by atoms with Crippen molar-refractivity contribution in [3.63, 3.8) is 0 Å². The fourth-order valence-electron chi connectivity index (χ4n) is 3.72. The highest BCUT2D eigenvalue weighted by molar-refractivity contribution is 7.89. The third kappa shape index (κ3) is 7.43. The molecule has 4 aromatic rings. The highest BCUT2D eigenvalue weighted by Gasteiger charge is 2.18. The number of sulfonamides is 1. The van der Waals surface area contributed by atoms with Gasteiger partial charge in [-0.3, -0.25) is 4.79 Å². The molecular formula is C29H27ClN2O4S. The predicted octanol–water partition coefficient (Wildman–Crippen LogP) is 6.74. The Labute approximate surface area is 222 Å². The van der Waals surface area contributed by atoms with Crippen LogP contribution >= 0.6 is 11.6 Å². The molecule has 0 aromatic heterocycles. The Morgan fingerprint density at radius 2 is 1.54 bits per heavy atom. The lowest BCUT2D eigenvalue weighted by Gasteiger charge is -2.15. The van der Waals surface area contributed by atoms with Crippen LogP contribution in [0.25, 0.3) is 0 Å². The molecule has 0 aliphatic heterocycles. The van der Waals surface area contributed by atoms with Gasteiger partial charge in [-0.2, -0.15) is 0 Å². The Bertz CT molecular complexity index is 1440. The highest BCUT2D eigenvalue weighted by atomic mass is 35.5. The number of carbonyl (C=O) groups is 1. The van der Waals surface area contributed by atoms with E-state index in [1.165, 1.54) is 0 Å². The number of amides is 1. The number of anilines is 1. The molecule has 0 aliphatic rings. The van der Waals surface area contributed by atoms with Gasteiger partial charge in [-0.15, -0.1) is 0 Å². The molecule has 1 atom stereocenters. The quantitative estimate of drug-likeness (QED) is 0.236. The first-order valence-corrected chi connectivity index (χ1v) is 13.6. The molecule has 0 unspecified atom stereocenters. The first-order chi connectivity index (χ1) is 17.8. The van der Waals surface area contributed by atoms with Crippen LogP contribution in [0.5, 0.6) is 11.5 Å². The maximum atomic E-state index is 12.8. The van der Waals surface area contributed by atoms with E-state index in [1.807, 2.05) is 60.7 Å². The number of ether oxygens (including phenoxy) is 1. The highest BCUT2D eigenvalue weighted by Crippen LogP contribution is 2.32. The number of para-hydroxylation sites is 1. The second kappa shape index (κ2) is 12.1. The van der Waals surface area contributed by atoms with Crippen LogP contribution in [0.3, 0.4) is 0 Å². The molecule has 6 nitrogen and oxygen atoms in total. The zero-order valence-corrected chi connectivity index (χ0v) is 21.8. The standard InChI is InChI=1S/C29H27ClN2O4S/c1-21(23-8-4-2-5-9-23)32-37(34,35)26-16-12-22(13-17-26)14-19-29(33)31-27-20-24(30)15-18-28(27)36-25-10-6-3-7-11-25/h2-13,15-18,20-21,32H,14,19H2,1H3,(H,31,33)/t21-/m1/s1. The lowest BCUT2D eigenvalue weighted by molar-refractivity contribution is -0.116. The van der Waals surface area contributed by atoms with E-state index in [4.69, 9.17) is 16.3 Å². The van der Waals surface area contributed by atoms with Crippen LogP contribution in [0.15, 0.2) is 108 Å². The van der Waals surface area contributed by atoms with Gasteiger partial charge in [0.2, 0.25) is 15.9 Å². The number of benzene rings is 4. The smallest absolute Gasteiger partial charge is 0.241 e. The summed E-state index contributed by atoms with van der Waals surface area (Å²) in [4.78, 5) is 12.8. The van der Waals surface area contributed by atoms with E-state index in [1.54, 1.807) is 49.4 Å². The Kier molecular flexibility index (Phi) is 8.61. The average molecular weight is 535 g/mol. The van der Waals surface area contributed by atoms with Gasteiger partial charge < -0.3 is 10.1 Å². The summed E-state index contributed by atoms with van der Waals surface area (Å²) in [5.41, 5.74) is 2.20. The monoisotopic (exact) mass is 534 g/mol. The minimum Gasteiger partial charge on any atom is -0.455 e. The Morgan fingerprint density at radius 3 is 2.22 bits per heavy atom. The molecule has 0 bridgehead atoms. The van der Waals surface area contributed by atoms with Gasteiger partial charge in [-0.25, -0.2) is 13.1 Å². The van der Waals surface area contributed by atoms with E-state index in [9.17, 15) is 13.2 Å². The second-order valence-electron chi connectivity index (χ2n) is 8.50. The maximum Gasteiger partial charge on any atom is 0.241 e. The topological polar surface area (TPSA) is 84.5 Å². The van der Waals surface area contributed by atoms with Gasteiger partial charge in [-0.05, 0) is 66.9 Å². The summed E-state index contributed by atoms with van der Waals surface area (Å²) >= 11 is 6.13. The molecule has 0 fully saturated rings. The van der Waals surface area contributed by atoms with Crippen molar-refractivity contribution in [2.24, 2.45) is 0 Å². The third-order valence-corrected chi connectivity index (χ3v) is 7.48. The summed E-state index contributed by atoms with van der Waals surface area (Å²) in [5, 5.41) is 3.34. The molecule has 1 amide bonds. The fourth-order valence-corrected chi connectivity index (χ4v) is 5.12. The molecule has 0 saturated heterocycles. The van der Waals surface area contributed by atoms with E-state index in [-0.39, 0.29) is 23.3 Å². The summed E-state index contributed by atoms with van der Waals surface area (Å²) in [6, 6.07) is 29.9. The van der Waals surface area contributed by atoms with Crippen LogP contribution in [0.2, 0.25) is 5.02 Å². The normalized spacial score (nSPS) is 12.1. The van der Waals surface area contributed by atoms with Crippen molar-refractivity contribution in [3.8, 4) is 11.5 Å². The van der Waals surface area contributed by atoms with Crippen LogP contribution in [0, 0.1) is 0 Å². The minimum atomic E-state index is -3.69. The van der Waals surface area contributed by atoms with Gasteiger partial charge in [0.05, 0.1) is 10.6 Å². The zero-order valence-electron chi connectivity index (χ0n) is 20.2. The van der Waals surface area contributed by atoms with Gasteiger partial charge in [0.1, 0.15) is 5.75 Å². The number of aryl methyl sites for hydroxylation is 1.